The highest BCUT2D eigenvalue weighted by molar-refractivity contribution is 7.17. The van der Waals surface area contributed by atoms with E-state index in [0.717, 1.165) is 16.1 Å². The van der Waals surface area contributed by atoms with Crippen LogP contribution in [0.3, 0.4) is 0 Å². The first-order valence-electron chi connectivity index (χ1n) is 8.52. The van der Waals surface area contributed by atoms with Gasteiger partial charge in [-0.1, -0.05) is 42.5 Å². The summed E-state index contributed by atoms with van der Waals surface area (Å²) in [5.74, 6) is -0.146. The quantitative estimate of drug-likeness (QED) is 0.513. The van der Waals surface area contributed by atoms with Crippen LogP contribution in [-0.2, 0) is 4.79 Å². The molecule has 0 aliphatic rings. The number of aromatic nitrogens is 1. The maximum atomic E-state index is 12.4. The average molecular weight is 393 g/mol. The molecule has 0 bridgehead atoms. The third-order valence-electron chi connectivity index (χ3n) is 3.84. The molecule has 2 aromatic carbocycles. The Hall–Kier alpha value is -3.45. The topological polar surface area (TPSA) is 80.3 Å². The molecule has 0 fully saturated rings. The van der Waals surface area contributed by atoms with Crippen LogP contribution in [0.1, 0.15) is 20.9 Å². The van der Waals surface area contributed by atoms with Crippen LogP contribution in [0.4, 0.5) is 0 Å². The third kappa shape index (κ3) is 4.83. The van der Waals surface area contributed by atoms with Crippen molar-refractivity contribution in [1.29, 1.82) is 0 Å². The Morgan fingerprint density at radius 3 is 2.61 bits per heavy atom. The number of thiazole rings is 1. The van der Waals surface area contributed by atoms with E-state index in [-0.39, 0.29) is 0 Å². The molecular weight excluding hydrogens is 374 g/mol. The number of hydrazine groups is 1. The summed E-state index contributed by atoms with van der Waals surface area (Å²) in [5.41, 5.74) is 7.17. The Morgan fingerprint density at radius 2 is 1.86 bits per heavy atom. The lowest BCUT2D eigenvalue weighted by Crippen LogP contribution is -2.40. The van der Waals surface area contributed by atoms with E-state index >= 15 is 0 Å². The Balaban J connectivity index is 1.60. The monoisotopic (exact) mass is 393 g/mol. The Labute approximate surface area is 166 Å². The highest BCUT2D eigenvalue weighted by atomic mass is 32.1. The van der Waals surface area contributed by atoms with E-state index in [2.05, 4.69) is 15.8 Å². The normalized spacial score (nSPS) is 10.6. The van der Waals surface area contributed by atoms with Gasteiger partial charge in [0.1, 0.15) is 15.6 Å². The number of ether oxygens (including phenoxy) is 1. The van der Waals surface area contributed by atoms with E-state index in [9.17, 15) is 9.59 Å². The van der Waals surface area contributed by atoms with Crippen LogP contribution >= 0.6 is 11.3 Å². The molecule has 0 spiro atoms. The lowest BCUT2D eigenvalue weighted by Gasteiger charge is -2.04. The van der Waals surface area contributed by atoms with Crippen LogP contribution in [0.15, 0.2) is 60.7 Å². The summed E-state index contributed by atoms with van der Waals surface area (Å²) < 4.78 is 5.14. The van der Waals surface area contributed by atoms with E-state index in [4.69, 9.17) is 4.74 Å². The SMILES string of the molecule is COc1cccc(/C=C/C(=O)NNC(=O)c2sc(-c3ccccc3)nc2C)c1. The fourth-order valence-corrected chi connectivity index (χ4v) is 3.41. The van der Waals surface area contributed by atoms with Gasteiger partial charge >= 0.3 is 0 Å². The first-order valence-corrected chi connectivity index (χ1v) is 9.34. The van der Waals surface area contributed by atoms with Crippen molar-refractivity contribution >= 4 is 29.2 Å². The molecule has 6 nitrogen and oxygen atoms in total. The number of benzene rings is 2. The Kier molecular flexibility index (Phi) is 6.18. The predicted molar refractivity (Wildman–Crippen MR) is 110 cm³/mol. The van der Waals surface area contributed by atoms with Gasteiger partial charge in [0.2, 0.25) is 0 Å². The zero-order chi connectivity index (χ0) is 19.9. The van der Waals surface area contributed by atoms with Crippen molar-refractivity contribution in [3.8, 4) is 16.3 Å². The van der Waals surface area contributed by atoms with Crippen molar-refractivity contribution in [1.82, 2.24) is 15.8 Å². The molecule has 7 heteroatoms. The van der Waals surface area contributed by atoms with Gasteiger partial charge in [0.25, 0.3) is 11.8 Å². The van der Waals surface area contributed by atoms with Gasteiger partial charge in [-0.05, 0) is 30.7 Å². The summed E-state index contributed by atoms with van der Waals surface area (Å²) in [4.78, 5) is 29.2. The molecule has 0 saturated heterocycles. The first kappa shape index (κ1) is 19.3. The fraction of sp³-hybridized carbons (Fsp3) is 0.0952. The summed E-state index contributed by atoms with van der Waals surface area (Å²) in [6.07, 6.45) is 2.97. The van der Waals surface area contributed by atoms with Gasteiger partial charge in [0, 0.05) is 11.6 Å². The van der Waals surface area contributed by atoms with Crippen molar-refractivity contribution in [2.75, 3.05) is 7.11 Å². The lowest BCUT2D eigenvalue weighted by atomic mass is 10.2. The highest BCUT2D eigenvalue weighted by Gasteiger charge is 2.16. The molecule has 0 saturated carbocycles. The number of carbonyl (C=O) groups excluding carboxylic acids is 2. The number of methoxy groups -OCH3 is 1. The molecule has 0 atom stereocenters. The Bertz CT molecular complexity index is 1010. The molecule has 3 rings (SSSR count). The first-order chi connectivity index (χ1) is 13.6. The van der Waals surface area contributed by atoms with Gasteiger partial charge in [-0.25, -0.2) is 4.98 Å². The standard InChI is InChI=1S/C21H19N3O3S/c1-14-19(28-21(22-14)16-8-4-3-5-9-16)20(26)24-23-18(25)12-11-15-7-6-10-17(13-15)27-2/h3-13H,1-2H3,(H,23,25)(H,24,26)/b12-11+. The maximum Gasteiger partial charge on any atom is 0.281 e. The van der Waals surface area contributed by atoms with Gasteiger partial charge in [-0.3, -0.25) is 20.4 Å². The molecule has 0 aliphatic heterocycles. The van der Waals surface area contributed by atoms with Crippen LogP contribution in [-0.4, -0.2) is 23.9 Å². The molecule has 2 N–H and O–H groups in total. The summed E-state index contributed by atoms with van der Waals surface area (Å²) in [6, 6.07) is 16.9. The summed E-state index contributed by atoms with van der Waals surface area (Å²) >= 11 is 1.28. The number of carbonyl (C=O) groups is 2. The summed E-state index contributed by atoms with van der Waals surface area (Å²) in [7, 11) is 1.58. The molecule has 0 aliphatic carbocycles. The van der Waals surface area contributed by atoms with Crippen LogP contribution in [0.2, 0.25) is 0 Å². The maximum absolute atomic E-state index is 12.4. The molecule has 1 heterocycles. The van der Waals surface area contributed by atoms with Crippen molar-refractivity contribution in [3.63, 3.8) is 0 Å². The van der Waals surface area contributed by atoms with Gasteiger partial charge in [-0.15, -0.1) is 11.3 Å². The molecule has 0 radical (unpaired) electrons. The number of rotatable bonds is 5. The van der Waals surface area contributed by atoms with E-state index in [1.807, 2.05) is 48.5 Å². The molecule has 2 amide bonds. The van der Waals surface area contributed by atoms with E-state index in [1.165, 1.54) is 17.4 Å². The summed E-state index contributed by atoms with van der Waals surface area (Å²) in [6.45, 7) is 1.77. The number of aryl methyl sites for hydroxylation is 1. The lowest BCUT2D eigenvalue weighted by molar-refractivity contribution is -0.117. The average Bonchev–Trinajstić information content (AvgIpc) is 3.13. The summed E-state index contributed by atoms with van der Waals surface area (Å²) in [5, 5.41) is 0.757. The second-order valence-corrected chi connectivity index (χ2v) is 6.85. The van der Waals surface area contributed by atoms with Gasteiger partial charge in [0.05, 0.1) is 12.8 Å². The second-order valence-electron chi connectivity index (χ2n) is 5.85. The minimum absolute atomic E-state index is 0.402. The van der Waals surface area contributed by atoms with Crippen molar-refractivity contribution in [2.24, 2.45) is 0 Å². The van der Waals surface area contributed by atoms with E-state index in [1.54, 1.807) is 26.2 Å². The van der Waals surface area contributed by atoms with Gasteiger partial charge in [-0.2, -0.15) is 0 Å². The Morgan fingerprint density at radius 1 is 1.07 bits per heavy atom. The van der Waals surface area contributed by atoms with E-state index < -0.39 is 11.8 Å². The third-order valence-corrected chi connectivity index (χ3v) is 5.05. The predicted octanol–water partition coefficient (Wildman–Crippen LogP) is 3.60. The molecule has 3 aromatic rings. The number of amides is 2. The molecule has 28 heavy (non-hydrogen) atoms. The molecular formula is C21H19N3O3S. The van der Waals surface area contributed by atoms with Crippen LogP contribution < -0.4 is 15.6 Å². The second kappa shape index (κ2) is 8.96. The highest BCUT2D eigenvalue weighted by Crippen LogP contribution is 2.27. The van der Waals surface area contributed by atoms with E-state index in [0.29, 0.717) is 16.3 Å². The largest absolute Gasteiger partial charge is 0.497 e. The van der Waals surface area contributed by atoms with Crippen molar-refractivity contribution in [2.45, 2.75) is 6.92 Å². The number of nitrogens with one attached hydrogen (secondary N) is 2. The van der Waals surface area contributed by atoms with Gasteiger partial charge in [0.15, 0.2) is 0 Å². The van der Waals surface area contributed by atoms with Crippen molar-refractivity contribution in [3.05, 3.63) is 76.8 Å². The number of nitrogens with zero attached hydrogens (tertiary/aromatic N) is 1. The van der Waals surface area contributed by atoms with Crippen LogP contribution in [0.5, 0.6) is 5.75 Å². The molecule has 0 unspecified atom stereocenters. The van der Waals surface area contributed by atoms with Crippen LogP contribution in [0.25, 0.3) is 16.6 Å². The smallest absolute Gasteiger partial charge is 0.281 e. The minimum atomic E-state index is -0.443. The van der Waals surface area contributed by atoms with Crippen LogP contribution in [0, 0.1) is 6.92 Å². The van der Waals surface area contributed by atoms with Crippen molar-refractivity contribution < 1.29 is 14.3 Å². The number of hydrogen-bond donors (Lipinski definition) is 2. The minimum Gasteiger partial charge on any atom is -0.497 e. The zero-order valence-electron chi connectivity index (χ0n) is 15.4. The molecule has 1 aromatic heterocycles. The number of hydrogen-bond acceptors (Lipinski definition) is 5. The molecule has 142 valence electrons. The fourth-order valence-electron chi connectivity index (χ4n) is 2.45. The van der Waals surface area contributed by atoms with Gasteiger partial charge < -0.3 is 4.74 Å². The zero-order valence-corrected chi connectivity index (χ0v) is 16.2.